The van der Waals surface area contributed by atoms with Crippen molar-refractivity contribution in [2.24, 2.45) is 0 Å². The maximum Gasteiger partial charge on any atom is 0.164 e. The quantitative estimate of drug-likeness (QED) is 0.161. The monoisotopic (exact) mass is 792 g/mol. The van der Waals surface area contributed by atoms with E-state index in [-0.39, 0.29) is 0 Å². The van der Waals surface area contributed by atoms with Crippen molar-refractivity contribution in [3.8, 4) is 73.2 Å². The van der Waals surface area contributed by atoms with Crippen LogP contribution in [0.5, 0.6) is 0 Å². The Hall–Kier alpha value is -8.41. The van der Waals surface area contributed by atoms with E-state index in [4.69, 9.17) is 19.4 Å². The van der Waals surface area contributed by atoms with E-state index in [9.17, 15) is 0 Å². The summed E-state index contributed by atoms with van der Waals surface area (Å²) in [5, 5.41) is 4.62. The number of aromatic nitrogens is 4. The van der Waals surface area contributed by atoms with Gasteiger partial charge in [0.1, 0.15) is 11.2 Å². The molecule has 0 saturated carbocycles. The normalized spacial score (nSPS) is 11.5. The smallest absolute Gasteiger partial charge is 0.164 e. The van der Waals surface area contributed by atoms with Gasteiger partial charge in [0, 0.05) is 43.9 Å². The number of rotatable bonds is 7. The molecule has 0 aliphatic carbocycles. The van der Waals surface area contributed by atoms with Gasteiger partial charge < -0.3 is 8.98 Å². The maximum atomic E-state index is 6.32. The summed E-state index contributed by atoms with van der Waals surface area (Å²) in [6.45, 7) is 0. The second-order valence-corrected chi connectivity index (χ2v) is 15.6. The largest absolute Gasteiger partial charge is 0.456 e. The zero-order valence-electron chi connectivity index (χ0n) is 33.5. The maximum absolute atomic E-state index is 6.32. The van der Waals surface area contributed by atoms with E-state index in [1.54, 1.807) is 0 Å². The number of furan rings is 1. The predicted molar refractivity (Wildman–Crippen MR) is 254 cm³/mol. The Morgan fingerprint density at radius 2 is 0.903 bits per heavy atom. The highest BCUT2D eigenvalue weighted by atomic mass is 16.3. The second kappa shape index (κ2) is 14.7. The van der Waals surface area contributed by atoms with Crippen LogP contribution in [0.3, 0.4) is 0 Å². The van der Waals surface area contributed by atoms with Crippen LogP contribution in [0.15, 0.2) is 223 Å². The van der Waals surface area contributed by atoms with E-state index in [1.165, 1.54) is 10.8 Å². The van der Waals surface area contributed by atoms with Gasteiger partial charge in [0.05, 0.1) is 11.0 Å². The summed E-state index contributed by atoms with van der Waals surface area (Å²) in [4.78, 5) is 15.6. The van der Waals surface area contributed by atoms with Crippen molar-refractivity contribution in [1.29, 1.82) is 0 Å². The van der Waals surface area contributed by atoms with Crippen molar-refractivity contribution in [2.45, 2.75) is 0 Å². The van der Waals surface area contributed by atoms with Crippen LogP contribution in [-0.2, 0) is 0 Å². The lowest BCUT2D eigenvalue weighted by molar-refractivity contribution is 0.669. The summed E-state index contributed by atoms with van der Waals surface area (Å²) in [6, 6.07) is 76.4. The third kappa shape index (κ3) is 6.06. The van der Waals surface area contributed by atoms with Crippen LogP contribution in [0.25, 0.3) is 117 Å². The van der Waals surface area contributed by atoms with Gasteiger partial charge in [-0.15, -0.1) is 0 Å². The molecule has 5 heteroatoms. The Bertz CT molecular complexity index is 3630. The van der Waals surface area contributed by atoms with Crippen LogP contribution in [0.4, 0.5) is 0 Å². The van der Waals surface area contributed by atoms with E-state index >= 15 is 0 Å². The molecule has 0 amide bonds. The van der Waals surface area contributed by atoms with Gasteiger partial charge in [-0.1, -0.05) is 170 Å². The SMILES string of the molecule is c1ccc(-c2cccc(-c3nc(-c4ccccc4)nc(-c4ccc(-n5c6ccccc6c6ccc(-c7cccc8oc9ccccc9c78)cc65)cc4-c4ccccc4)n3)c2)cc1. The Morgan fingerprint density at radius 1 is 0.306 bits per heavy atom. The minimum absolute atomic E-state index is 0.606. The fourth-order valence-corrected chi connectivity index (χ4v) is 8.96. The van der Waals surface area contributed by atoms with Crippen molar-refractivity contribution >= 4 is 43.7 Å². The van der Waals surface area contributed by atoms with Gasteiger partial charge in [0.15, 0.2) is 17.5 Å². The van der Waals surface area contributed by atoms with E-state index in [0.717, 1.165) is 88.7 Å². The van der Waals surface area contributed by atoms with Crippen LogP contribution in [0.2, 0.25) is 0 Å². The van der Waals surface area contributed by atoms with Gasteiger partial charge in [-0.05, 0) is 81.9 Å². The average Bonchev–Trinajstić information content (AvgIpc) is 3.90. The Kier molecular flexibility index (Phi) is 8.42. The average molecular weight is 793 g/mol. The lowest BCUT2D eigenvalue weighted by Crippen LogP contribution is -2.02. The highest BCUT2D eigenvalue weighted by Crippen LogP contribution is 2.41. The number of hydrogen-bond acceptors (Lipinski definition) is 4. The zero-order chi connectivity index (χ0) is 41.0. The summed E-state index contributed by atoms with van der Waals surface area (Å²) in [6.07, 6.45) is 0. The second-order valence-electron chi connectivity index (χ2n) is 15.6. The molecule has 5 nitrogen and oxygen atoms in total. The molecular weight excluding hydrogens is 757 g/mol. The molecule has 0 fully saturated rings. The fourth-order valence-electron chi connectivity index (χ4n) is 8.96. The summed E-state index contributed by atoms with van der Waals surface area (Å²) in [7, 11) is 0. The summed E-state index contributed by atoms with van der Waals surface area (Å²) in [5.41, 5.74) is 14.4. The van der Waals surface area contributed by atoms with Gasteiger partial charge in [-0.25, -0.2) is 15.0 Å². The van der Waals surface area contributed by atoms with Crippen molar-refractivity contribution in [2.75, 3.05) is 0 Å². The predicted octanol–water partition coefficient (Wildman–Crippen LogP) is 14.9. The first kappa shape index (κ1) is 35.5. The molecule has 0 atom stereocenters. The minimum atomic E-state index is 0.606. The molecule has 0 unspecified atom stereocenters. The van der Waals surface area contributed by atoms with Gasteiger partial charge in [-0.3, -0.25) is 0 Å². The number of benzene rings is 9. The molecular formula is C57H36N4O. The first-order valence-corrected chi connectivity index (χ1v) is 20.8. The summed E-state index contributed by atoms with van der Waals surface area (Å²) >= 11 is 0. The molecule has 0 radical (unpaired) electrons. The number of hydrogen-bond donors (Lipinski definition) is 0. The first-order valence-electron chi connectivity index (χ1n) is 20.8. The van der Waals surface area contributed by atoms with Crippen molar-refractivity contribution in [1.82, 2.24) is 19.5 Å². The van der Waals surface area contributed by atoms with Gasteiger partial charge >= 0.3 is 0 Å². The molecule has 9 aromatic carbocycles. The molecule has 62 heavy (non-hydrogen) atoms. The molecule has 0 N–H and O–H groups in total. The third-order valence-electron chi connectivity index (χ3n) is 11.9. The number of fused-ring (bicyclic) bond motifs is 6. The molecule has 0 aliphatic heterocycles. The topological polar surface area (TPSA) is 56.7 Å². The third-order valence-corrected chi connectivity index (χ3v) is 11.9. The summed E-state index contributed by atoms with van der Waals surface area (Å²) in [5.74, 6) is 1.84. The Morgan fingerprint density at radius 3 is 1.71 bits per heavy atom. The van der Waals surface area contributed by atoms with Crippen molar-refractivity contribution < 1.29 is 4.42 Å². The van der Waals surface area contributed by atoms with Gasteiger partial charge in [0.25, 0.3) is 0 Å². The Balaban J connectivity index is 1.07. The number of nitrogens with zero attached hydrogens (tertiary/aromatic N) is 4. The van der Waals surface area contributed by atoms with Gasteiger partial charge in [-0.2, -0.15) is 0 Å². The molecule has 3 aromatic heterocycles. The van der Waals surface area contributed by atoms with Crippen LogP contribution >= 0.6 is 0 Å². The van der Waals surface area contributed by atoms with Crippen LogP contribution in [-0.4, -0.2) is 19.5 Å². The molecule has 0 spiro atoms. The molecule has 0 saturated heterocycles. The van der Waals surface area contributed by atoms with Crippen molar-refractivity contribution in [3.63, 3.8) is 0 Å². The molecule has 3 heterocycles. The minimum Gasteiger partial charge on any atom is -0.456 e. The Labute approximate surface area is 357 Å². The zero-order valence-corrected chi connectivity index (χ0v) is 33.5. The van der Waals surface area contributed by atoms with E-state index < -0.39 is 0 Å². The van der Waals surface area contributed by atoms with E-state index in [1.807, 2.05) is 36.4 Å². The lowest BCUT2D eigenvalue weighted by Gasteiger charge is -2.16. The van der Waals surface area contributed by atoms with Gasteiger partial charge in [0.2, 0.25) is 0 Å². The lowest BCUT2D eigenvalue weighted by atomic mass is 9.97. The highest BCUT2D eigenvalue weighted by molar-refractivity contribution is 6.15. The molecule has 12 aromatic rings. The molecule has 0 bridgehead atoms. The molecule has 12 rings (SSSR count). The standard InChI is InChI=1S/C57H36N4O/c1-4-16-37(17-5-1)40-22-14-23-42(34-40)56-58-55(39-20-8-3-9-21-39)59-57(60-56)47-33-31-43(36-49(47)38-18-6-2-7-19-38)61-50-27-12-10-24-45(50)46-32-30-41(35-51(46)61)44-26-15-29-53-54(44)48-25-11-13-28-52(48)62-53/h1-36H. The fraction of sp³-hybridized carbons (Fsp3) is 0. The van der Waals surface area contributed by atoms with Crippen molar-refractivity contribution in [3.05, 3.63) is 218 Å². The molecule has 290 valence electrons. The van der Waals surface area contributed by atoms with E-state index in [2.05, 4.69) is 187 Å². The highest BCUT2D eigenvalue weighted by Gasteiger charge is 2.20. The summed E-state index contributed by atoms with van der Waals surface area (Å²) < 4.78 is 8.71. The van der Waals surface area contributed by atoms with Crippen LogP contribution < -0.4 is 0 Å². The molecule has 0 aliphatic rings. The van der Waals surface area contributed by atoms with Crippen LogP contribution in [0, 0.1) is 0 Å². The number of para-hydroxylation sites is 2. The van der Waals surface area contributed by atoms with E-state index in [0.29, 0.717) is 17.5 Å². The first-order chi connectivity index (χ1) is 30.7. The van der Waals surface area contributed by atoms with Crippen LogP contribution in [0.1, 0.15) is 0 Å².